The molecule has 0 unspecified atom stereocenters. The van der Waals surface area contributed by atoms with Gasteiger partial charge in [-0.2, -0.15) is 5.10 Å². The van der Waals surface area contributed by atoms with E-state index in [2.05, 4.69) is 15.2 Å². The Morgan fingerprint density at radius 1 is 1.07 bits per heavy atom. The number of nitrogens with zero attached hydrogens (tertiary/aromatic N) is 5. The van der Waals surface area contributed by atoms with Crippen LogP contribution in [0.5, 0.6) is 0 Å². The standard InChI is InChI=1S/C22H20FN5O/c1-4-28-13-24-20-18(12-25-26-21(20)28)16-9-10-19(23)17(11-16)14-5-7-15(8-6-14)22(29)27(2)3/h5-13H,4H2,1-3H3. The van der Waals surface area contributed by atoms with Crippen LogP contribution in [0.25, 0.3) is 33.4 Å². The summed E-state index contributed by atoms with van der Waals surface area (Å²) in [5.74, 6) is -0.430. The molecule has 29 heavy (non-hydrogen) atoms. The summed E-state index contributed by atoms with van der Waals surface area (Å²) in [4.78, 5) is 18.0. The minimum absolute atomic E-state index is 0.0949. The molecule has 0 saturated carbocycles. The van der Waals surface area contributed by atoms with Crippen molar-refractivity contribution in [1.29, 1.82) is 0 Å². The van der Waals surface area contributed by atoms with Crippen molar-refractivity contribution in [1.82, 2.24) is 24.6 Å². The molecule has 0 atom stereocenters. The summed E-state index contributed by atoms with van der Waals surface area (Å²) in [7, 11) is 3.39. The Morgan fingerprint density at radius 2 is 1.79 bits per heavy atom. The Morgan fingerprint density at radius 3 is 2.48 bits per heavy atom. The number of fused-ring (bicyclic) bond motifs is 1. The average molecular weight is 389 g/mol. The Bertz CT molecular complexity index is 1200. The van der Waals surface area contributed by atoms with E-state index < -0.39 is 0 Å². The highest BCUT2D eigenvalue weighted by atomic mass is 19.1. The molecule has 4 aromatic rings. The number of carbonyl (C=O) groups is 1. The molecule has 146 valence electrons. The van der Waals surface area contributed by atoms with Crippen LogP contribution in [-0.4, -0.2) is 44.7 Å². The predicted octanol–water partition coefficient (Wildman–Crippen LogP) is 4.02. The second-order valence-corrected chi connectivity index (χ2v) is 6.93. The predicted molar refractivity (Wildman–Crippen MR) is 110 cm³/mol. The van der Waals surface area contributed by atoms with Crippen molar-refractivity contribution in [3.63, 3.8) is 0 Å². The first-order valence-electron chi connectivity index (χ1n) is 9.28. The largest absolute Gasteiger partial charge is 0.345 e. The lowest BCUT2D eigenvalue weighted by Crippen LogP contribution is -2.21. The number of aryl methyl sites for hydroxylation is 1. The molecule has 0 aliphatic heterocycles. The first-order chi connectivity index (χ1) is 14.0. The molecule has 7 heteroatoms. The van der Waals surface area contributed by atoms with E-state index in [-0.39, 0.29) is 11.7 Å². The quantitative estimate of drug-likeness (QED) is 0.529. The Labute approximate surface area is 167 Å². The molecule has 0 bridgehead atoms. The van der Waals surface area contributed by atoms with E-state index in [0.717, 1.165) is 23.2 Å². The fourth-order valence-electron chi connectivity index (χ4n) is 3.28. The van der Waals surface area contributed by atoms with Crippen LogP contribution in [0.4, 0.5) is 4.39 Å². The number of hydrogen-bond acceptors (Lipinski definition) is 4. The van der Waals surface area contributed by atoms with E-state index in [1.807, 2.05) is 11.5 Å². The monoisotopic (exact) mass is 389 g/mol. The van der Waals surface area contributed by atoms with Crippen LogP contribution in [0.15, 0.2) is 55.0 Å². The van der Waals surface area contributed by atoms with E-state index in [4.69, 9.17) is 0 Å². The molecule has 0 saturated heterocycles. The minimum Gasteiger partial charge on any atom is -0.345 e. The van der Waals surface area contributed by atoms with E-state index >= 15 is 0 Å². The lowest BCUT2D eigenvalue weighted by molar-refractivity contribution is 0.0827. The Hall–Kier alpha value is -3.61. The average Bonchev–Trinajstić information content (AvgIpc) is 3.17. The fraction of sp³-hybridized carbons (Fsp3) is 0.182. The number of hydrogen-bond donors (Lipinski definition) is 0. The van der Waals surface area contributed by atoms with Gasteiger partial charge in [-0.25, -0.2) is 9.37 Å². The molecule has 2 heterocycles. The van der Waals surface area contributed by atoms with Gasteiger partial charge in [-0.15, -0.1) is 5.10 Å². The zero-order valence-electron chi connectivity index (χ0n) is 16.4. The SMILES string of the molecule is CCn1cnc2c(-c3ccc(F)c(-c4ccc(C(=O)N(C)C)cc4)c3)cnnc21. The van der Waals surface area contributed by atoms with Crippen molar-refractivity contribution < 1.29 is 9.18 Å². The van der Waals surface area contributed by atoms with Crippen molar-refractivity contribution in [2.24, 2.45) is 0 Å². The lowest BCUT2D eigenvalue weighted by Gasteiger charge is -2.11. The third-order valence-electron chi connectivity index (χ3n) is 4.87. The van der Waals surface area contributed by atoms with Gasteiger partial charge in [-0.1, -0.05) is 18.2 Å². The first-order valence-corrected chi connectivity index (χ1v) is 9.28. The molecule has 0 N–H and O–H groups in total. The molecule has 0 aliphatic carbocycles. The van der Waals surface area contributed by atoms with E-state index in [0.29, 0.717) is 22.3 Å². The van der Waals surface area contributed by atoms with Crippen LogP contribution < -0.4 is 0 Å². The van der Waals surface area contributed by atoms with Gasteiger partial charge in [0.05, 0.1) is 12.5 Å². The van der Waals surface area contributed by atoms with E-state index in [1.54, 1.807) is 63.0 Å². The van der Waals surface area contributed by atoms with Crippen LogP contribution >= 0.6 is 0 Å². The first kappa shape index (κ1) is 18.7. The number of aromatic nitrogens is 4. The number of imidazole rings is 1. The van der Waals surface area contributed by atoms with Gasteiger partial charge in [-0.05, 0) is 42.3 Å². The minimum atomic E-state index is -0.335. The van der Waals surface area contributed by atoms with Gasteiger partial charge in [-0.3, -0.25) is 4.79 Å². The van der Waals surface area contributed by atoms with Crippen LogP contribution in [0, 0.1) is 5.82 Å². The van der Waals surface area contributed by atoms with Crippen LogP contribution in [0.2, 0.25) is 0 Å². The van der Waals surface area contributed by atoms with Crippen molar-refractivity contribution >= 4 is 17.1 Å². The van der Waals surface area contributed by atoms with Gasteiger partial charge in [0.25, 0.3) is 5.91 Å². The highest BCUT2D eigenvalue weighted by Gasteiger charge is 2.14. The van der Waals surface area contributed by atoms with E-state index in [1.165, 1.54) is 11.0 Å². The zero-order valence-corrected chi connectivity index (χ0v) is 16.4. The van der Waals surface area contributed by atoms with Gasteiger partial charge < -0.3 is 9.47 Å². The Kier molecular flexibility index (Phi) is 4.80. The molecule has 0 fully saturated rings. The molecule has 0 aliphatic rings. The number of amides is 1. The highest BCUT2D eigenvalue weighted by molar-refractivity contribution is 5.94. The molecule has 2 aromatic heterocycles. The summed E-state index contributed by atoms with van der Waals surface area (Å²) in [6.45, 7) is 2.75. The molecule has 0 spiro atoms. The third-order valence-corrected chi connectivity index (χ3v) is 4.87. The highest BCUT2D eigenvalue weighted by Crippen LogP contribution is 2.31. The maximum atomic E-state index is 14.6. The van der Waals surface area contributed by atoms with E-state index in [9.17, 15) is 9.18 Å². The van der Waals surface area contributed by atoms with Gasteiger partial charge >= 0.3 is 0 Å². The van der Waals surface area contributed by atoms with Gasteiger partial charge in [0.1, 0.15) is 11.3 Å². The smallest absolute Gasteiger partial charge is 0.253 e. The zero-order chi connectivity index (χ0) is 20.5. The Balaban J connectivity index is 1.78. The summed E-state index contributed by atoms with van der Waals surface area (Å²) in [5, 5.41) is 8.27. The van der Waals surface area contributed by atoms with Gasteiger partial charge in [0, 0.05) is 37.3 Å². The van der Waals surface area contributed by atoms with Crippen molar-refractivity contribution in [2.45, 2.75) is 13.5 Å². The summed E-state index contributed by atoms with van der Waals surface area (Å²) in [6.07, 6.45) is 3.37. The van der Waals surface area contributed by atoms with Crippen LogP contribution in [-0.2, 0) is 6.54 Å². The van der Waals surface area contributed by atoms with Gasteiger partial charge in [0.15, 0.2) is 5.65 Å². The molecule has 0 radical (unpaired) electrons. The van der Waals surface area contributed by atoms with Crippen molar-refractivity contribution in [3.8, 4) is 22.3 Å². The lowest BCUT2D eigenvalue weighted by atomic mass is 9.98. The van der Waals surface area contributed by atoms with Crippen LogP contribution in [0.1, 0.15) is 17.3 Å². The molecule has 1 amide bonds. The second-order valence-electron chi connectivity index (χ2n) is 6.93. The molecule has 6 nitrogen and oxygen atoms in total. The van der Waals surface area contributed by atoms with Crippen molar-refractivity contribution in [2.75, 3.05) is 14.1 Å². The van der Waals surface area contributed by atoms with Crippen LogP contribution in [0.3, 0.4) is 0 Å². The topological polar surface area (TPSA) is 63.9 Å². The fourth-order valence-corrected chi connectivity index (χ4v) is 3.28. The molecular weight excluding hydrogens is 369 g/mol. The molecular formula is C22H20FN5O. The number of carbonyl (C=O) groups excluding carboxylic acids is 1. The third kappa shape index (κ3) is 3.35. The normalized spacial score (nSPS) is 11.0. The molecule has 2 aromatic carbocycles. The summed E-state index contributed by atoms with van der Waals surface area (Å²) >= 11 is 0. The number of benzene rings is 2. The number of rotatable bonds is 4. The second kappa shape index (κ2) is 7.43. The summed E-state index contributed by atoms with van der Waals surface area (Å²) in [5.41, 5.74) is 4.72. The maximum Gasteiger partial charge on any atom is 0.253 e. The van der Waals surface area contributed by atoms with Crippen molar-refractivity contribution in [3.05, 3.63) is 66.4 Å². The summed E-state index contributed by atoms with van der Waals surface area (Å²) in [6, 6.07) is 11.9. The maximum absolute atomic E-state index is 14.6. The summed E-state index contributed by atoms with van der Waals surface area (Å²) < 4.78 is 16.5. The molecule has 4 rings (SSSR count). The number of halogens is 1. The van der Waals surface area contributed by atoms with Gasteiger partial charge in [0.2, 0.25) is 0 Å².